The van der Waals surface area contributed by atoms with E-state index in [0.717, 1.165) is 13.1 Å². The van der Waals surface area contributed by atoms with E-state index in [9.17, 15) is 12.8 Å². The molecule has 2 N–H and O–H groups in total. The van der Waals surface area contributed by atoms with Gasteiger partial charge in [-0.25, -0.2) is 12.8 Å². The Morgan fingerprint density at radius 1 is 1.28 bits per heavy atom. The fourth-order valence-corrected chi connectivity index (χ4v) is 3.56. The van der Waals surface area contributed by atoms with E-state index in [-0.39, 0.29) is 36.2 Å². The molecule has 2 rings (SSSR count). The Kier molecular flexibility index (Phi) is 9.37. The molecule has 0 atom stereocenters. The van der Waals surface area contributed by atoms with Crippen molar-refractivity contribution in [1.82, 2.24) is 4.90 Å². The minimum Gasteiger partial charge on any atom is -0.487 e. The molecule has 1 aliphatic rings. The zero-order chi connectivity index (χ0) is 17.4. The third-order valence-corrected chi connectivity index (χ3v) is 5.39. The predicted octanol–water partition coefficient (Wildman–Crippen LogP) is 1.41. The summed E-state index contributed by atoms with van der Waals surface area (Å²) in [6.45, 7) is 3.16. The fourth-order valence-electron chi connectivity index (χ4n) is 2.27. The summed E-state index contributed by atoms with van der Waals surface area (Å²) < 4.78 is 48.4. The summed E-state index contributed by atoms with van der Waals surface area (Å²) >= 11 is 0. The molecule has 6 nitrogen and oxygen atoms in total. The van der Waals surface area contributed by atoms with E-state index in [1.165, 1.54) is 30.3 Å². The van der Waals surface area contributed by atoms with Crippen LogP contribution in [0.25, 0.3) is 0 Å². The van der Waals surface area contributed by atoms with Crippen LogP contribution in [0.1, 0.15) is 0 Å². The zero-order valence-electron chi connectivity index (χ0n) is 13.9. The van der Waals surface area contributed by atoms with Crippen molar-refractivity contribution in [3.63, 3.8) is 0 Å². The molecule has 0 amide bonds. The van der Waals surface area contributed by atoms with E-state index in [4.69, 9.17) is 15.2 Å². The van der Waals surface area contributed by atoms with Crippen molar-refractivity contribution >= 4 is 22.2 Å². The molecule has 142 valence electrons. The van der Waals surface area contributed by atoms with Crippen LogP contribution in [-0.2, 0) is 14.6 Å². The van der Waals surface area contributed by atoms with Gasteiger partial charge in [-0.3, -0.25) is 4.90 Å². The van der Waals surface area contributed by atoms with E-state index >= 15 is 0 Å². The lowest BCUT2D eigenvalue weighted by molar-refractivity contribution is 0.0408. The van der Waals surface area contributed by atoms with Crippen molar-refractivity contribution in [2.45, 2.75) is 4.90 Å². The molecule has 1 aromatic carbocycles. The van der Waals surface area contributed by atoms with Gasteiger partial charge in [0.1, 0.15) is 18.2 Å². The van der Waals surface area contributed by atoms with Crippen LogP contribution < -0.4 is 10.5 Å². The van der Waals surface area contributed by atoms with Crippen LogP contribution in [0.4, 0.5) is 4.39 Å². The molecule has 1 aromatic rings. The van der Waals surface area contributed by atoms with Crippen LogP contribution in [0.3, 0.4) is 0 Å². The van der Waals surface area contributed by atoms with Crippen LogP contribution in [0.15, 0.2) is 41.1 Å². The molecule has 0 aromatic heterocycles. The third-order valence-electron chi connectivity index (χ3n) is 3.68. The first-order valence-electron chi connectivity index (χ1n) is 7.81. The zero-order valence-corrected chi connectivity index (χ0v) is 15.5. The molecule has 0 spiro atoms. The second-order valence-electron chi connectivity index (χ2n) is 5.42. The van der Waals surface area contributed by atoms with E-state index in [1.807, 2.05) is 0 Å². The number of hydrogen-bond donors (Lipinski definition) is 1. The van der Waals surface area contributed by atoms with Crippen LogP contribution in [0.5, 0.6) is 5.75 Å². The Morgan fingerprint density at radius 3 is 2.52 bits per heavy atom. The highest BCUT2D eigenvalue weighted by Crippen LogP contribution is 2.18. The van der Waals surface area contributed by atoms with Gasteiger partial charge in [-0.1, -0.05) is 0 Å². The number of benzene rings is 1. The molecule has 1 saturated heterocycles. The second-order valence-corrected chi connectivity index (χ2v) is 7.53. The smallest absolute Gasteiger partial charge is 0.179 e. The van der Waals surface area contributed by atoms with E-state index in [0.29, 0.717) is 25.5 Å². The number of nitrogens with zero attached hydrogens (tertiary/aromatic N) is 1. The molecule has 0 unspecified atom stereocenters. The maximum Gasteiger partial charge on any atom is 0.179 e. The SMILES string of the molecule is Cl.NCC=C(F)COc1ccc(S(=O)(=O)CCN2CCOCC2)cc1. The van der Waals surface area contributed by atoms with Gasteiger partial charge in [0.15, 0.2) is 9.84 Å². The Labute approximate surface area is 154 Å². The highest BCUT2D eigenvalue weighted by Gasteiger charge is 2.18. The molecule has 1 heterocycles. The minimum atomic E-state index is -3.36. The van der Waals surface area contributed by atoms with Gasteiger partial charge in [-0.05, 0) is 30.3 Å². The van der Waals surface area contributed by atoms with Crippen LogP contribution in [0, 0.1) is 0 Å². The molecular weight excluding hydrogens is 371 g/mol. The quantitative estimate of drug-likeness (QED) is 0.717. The number of ether oxygens (including phenoxy) is 2. The number of hydrogen-bond acceptors (Lipinski definition) is 6. The topological polar surface area (TPSA) is 81.9 Å². The Hall–Kier alpha value is -1.19. The van der Waals surface area contributed by atoms with Gasteiger partial charge >= 0.3 is 0 Å². The summed E-state index contributed by atoms with van der Waals surface area (Å²) in [5.41, 5.74) is 5.20. The highest BCUT2D eigenvalue weighted by molar-refractivity contribution is 7.91. The normalized spacial score (nSPS) is 16.3. The highest BCUT2D eigenvalue weighted by atomic mass is 35.5. The molecule has 1 fully saturated rings. The average molecular weight is 395 g/mol. The van der Waals surface area contributed by atoms with E-state index in [2.05, 4.69) is 4.90 Å². The second kappa shape index (κ2) is 10.7. The van der Waals surface area contributed by atoms with Gasteiger partial charge < -0.3 is 15.2 Å². The first-order valence-corrected chi connectivity index (χ1v) is 9.47. The van der Waals surface area contributed by atoms with Crippen molar-refractivity contribution in [3.05, 3.63) is 36.2 Å². The van der Waals surface area contributed by atoms with Gasteiger partial charge in [-0.15, -0.1) is 12.4 Å². The van der Waals surface area contributed by atoms with Crippen molar-refractivity contribution in [2.75, 3.05) is 51.8 Å². The largest absolute Gasteiger partial charge is 0.487 e. The molecule has 1 aliphatic heterocycles. The molecule has 9 heteroatoms. The summed E-state index contributed by atoms with van der Waals surface area (Å²) in [6, 6.07) is 6.01. The lowest BCUT2D eigenvalue weighted by Crippen LogP contribution is -2.39. The first-order chi connectivity index (χ1) is 11.5. The summed E-state index contributed by atoms with van der Waals surface area (Å²) in [5.74, 6) is 0.00329. The lowest BCUT2D eigenvalue weighted by atomic mass is 10.3. The van der Waals surface area contributed by atoms with Crippen LogP contribution >= 0.6 is 12.4 Å². The monoisotopic (exact) mass is 394 g/mol. The maximum absolute atomic E-state index is 13.2. The summed E-state index contributed by atoms with van der Waals surface area (Å²) in [6.07, 6.45) is 1.23. The van der Waals surface area contributed by atoms with Gasteiger partial charge in [0.2, 0.25) is 0 Å². The van der Waals surface area contributed by atoms with Crippen LogP contribution in [-0.4, -0.2) is 65.1 Å². The summed E-state index contributed by atoms with van der Waals surface area (Å²) in [5, 5.41) is 0. The van der Waals surface area contributed by atoms with Gasteiger partial charge in [0.05, 0.1) is 23.9 Å². The number of rotatable bonds is 8. The van der Waals surface area contributed by atoms with Gasteiger partial charge in [0, 0.05) is 26.2 Å². The van der Waals surface area contributed by atoms with Crippen molar-refractivity contribution in [3.8, 4) is 5.75 Å². The number of sulfone groups is 1. The predicted molar refractivity (Wildman–Crippen MR) is 96.7 cm³/mol. The maximum atomic E-state index is 13.2. The minimum absolute atomic E-state index is 0. The fraction of sp³-hybridized carbons (Fsp3) is 0.500. The lowest BCUT2D eigenvalue weighted by Gasteiger charge is -2.26. The molecule has 25 heavy (non-hydrogen) atoms. The molecule has 0 aliphatic carbocycles. The van der Waals surface area contributed by atoms with Crippen molar-refractivity contribution < 1.29 is 22.3 Å². The number of morpholine rings is 1. The standard InChI is InChI=1S/C16H23FN2O4S.ClH/c17-14(5-6-18)13-23-15-1-3-16(4-2-15)24(20,21)12-9-19-7-10-22-11-8-19;/h1-5H,6-13,18H2;1H. The summed E-state index contributed by atoms with van der Waals surface area (Å²) in [4.78, 5) is 2.31. The molecule has 0 saturated carbocycles. The average Bonchev–Trinajstić information content (AvgIpc) is 2.60. The summed E-state index contributed by atoms with van der Waals surface area (Å²) in [7, 11) is -3.36. The number of nitrogens with two attached hydrogens (primary N) is 1. The number of halogens is 2. The Morgan fingerprint density at radius 2 is 1.92 bits per heavy atom. The molecular formula is C16H24ClFN2O4S. The van der Waals surface area contributed by atoms with Crippen molar-refractivity contribution in [2.24, 2.45) is 5.73 Å². The Balaban J connectivity index is 0.00000312. The van der Waals surface area contributed by atoms with Crippen molar-refractivity contribution in [1.29, 1.82) is 0 Å². The van der Waals surface area contributed by atoms with Gasteiger partial charge in [0.25, 0.3) is 0 Å². The molecule has 0 radical (unpaired) electrons. The van der Waals surface area contributed by atoms with Gasteiger partial charge in [-0.2, -0.15) is 0 Å². The van der Waals surface area contributed by atoms with E-state index in [1.54, 1.807) is 0 Å². The first kappa shape index (κ1) is 21.9. The third kappa shape index (κ3) is 7.29. The Bertz CT molecular complexity index is 647. The van der Waals surface area contributed by atoms with Crippen LogP contribution in [0.2, 0.25) is 0 Å². The van der Waals surface area contributed by atoms with E-state index < -0.39 is 15.7 Å². The molecule has 0 bridgehead atoms.